The van der Waals surface area contributed by atoms with Crippen LogP contribution in [0.4, 0.5) is 18.9 Å². The number of carbonyl (C=O) groups is 1. The fraction of sp³-hybridized carbons (Fsp3) is 0.174. The number of phenolic OH excluding ortho intramolecular Hbond substituents is 1. The van der Waals surface area contributed by atoms with E-state index in [2.05, 4.69) is 30.9 Å². The Labute approximate surface area is 201 Å². The number of H-pyrrole nitrogens is 1. The molecule has 1 fully saturated rings. The molecule has 1 aliphatic rings. The maximum absolute atomic E-state index is 12.9. The van der Waals surface area contributed by atoms with E-state index >= 15 is 0 Å². The third-order valence-electron chi connectivity index (χ3n) is 5.77. The van der Waals surface area contributed by atoms with Crippen molar-refractivity contribution in [2.45, 2.75) is 18.5 Å². The summed E-state index contributed by atoms with van der Waals surface area (Å²) >= 11 is 5.92. The molecule has 5 rings (SSSR count). The Balaban J connectivity index is 1.43. The van der Waals surface area contributed by atoms with Crippen molar-refractivity contribution in [3.63, 3.8) is 0 Å². The Kier molecular flexibility index (Phi) is 5.64. The van der Waals surface area contributed by atoms with Crippen LogP contribution < -0.4 is 5.32 Å². The molecule has 12 heteroatoms. The van der Waals surface area contributed by atoms with E-state index in [9.17, 15) is 23.1 Å². The van der Waals surface area contributed by atoms with Gasteiger partial charge in [-0.1, -0.05) is 29.8 Å². The van der Waals surface area contributed by atoms with E-state index in [1.807, 2.05) is 12.1 Å². The SMILES string of the molecule is O=C(Nc1cc(-c2nn[nH]n2)c(-c2ccc(C(F)(F)F)nc2)cc1O)C1CC1c1ccc(Cl)cc1. The first-order valence-corrected chi connectivity index (χ1v) is 10.8. The summed E-state index contributed by atoms with van der Waals surface area (Å²) in [6.07, 6.45) is -2.89. The van der Waals surface area contributed by atoms with E-state index in [1.54, 1.807) is 12.1 Å². The first-order chi connectivity index (χ1) is 16.7. The summed E-state index contributed by atoms with van der Waals surface area (Å²) < 4.78 is 38.7. The van der Waals surface area contributed by atoms with Gasteiger partial charge in [-0.2, -0.15) is 18.4 Å². The fourth-order valence-electron chi connectivity index (χ4n) is 3.90. The van der Waals surface area contributed by atoms with Crippen molar-refractivity contribution in [2.75, 3.05) is 5.32 Å². The first kappa shape index (κ1) is 22.8. The maximum Gasteiger partial charge on any atom is 0.433 e. The molecule has 2 atom stereocenters. The summed E-state index contributed by atoms with van der Waals surface area (Å²) in [5, 5.41) is 27.7. The molecule has 1 saturated carbocycles. The van der Waals surface area contributed by atoms with Crippen LogP contribution in [0.1, 0.15) is 23.6 Å². The lowest BCUT2D eigenvalue weighted by molar-refractivity contribution is -0.141. The third-order valence-corrected chi connectivity index (χ3v) is 6.02. The third kappa shape index (κ3) is 4.67. The van der Waals surface area contributed by atoms with Crippen LogP contribution in [0.2, 0.25) is 5.02 Å². The number of rotatable bonds is 5. The number of aromatic nitrogens is 5. The lowest BCUT2D eigenvalue weighted by Gasteiger charge is -2.14. The molecule has 0 spiro atoms. The number of carbonyl (C=O) groups excluding carboxylic acids is 1. The van der Waals surface area contributed by atoms with Crippen molar-refractivity contribution >= 4 is 23.2 Å². The normalized spacial score (nSPS) is 17.3. The van der Waals surface area contributed by atoms with E-state index in [4.69, 9.17) is 11.6 Å². The lowest BCUT2D eigenvalue weighted by atomic mass is 9.98. The number of tetrazole rings is 1. The largest absolute Gasteiger partial charge is 0.506 e. The molecule has 0 saturated heterocycles. The van der Waals surface area contributed by atoms with Gasteiger partial charge in [0.1, 0.15) is 11.4 Å². The molecule has 4 aromatic rings. The van der Waals surface area contributed by atoms with Crippen molar-refractivity contribution in [3.8, 4) is 28.3 Å². The van der Waals surface area contributed by atoms with E-state index in [0.29, 0.717) is 22.6 Å². The summed E-state index contributed by atoms with van der Waals surface area (Å²) in [4.78, 5) is 16.3. The molecule has 0 aliphatic heterocycles. The number of aromatic amines is 1. The van der Waals surface area contributed by atoms with Gasteiger partial charge in [0.15, 0.2) is 0 Å². The number of anilines is 1. The first-order valence-electron chi connectivity index (χ1n) is 10.4. The monoisotopic (exact) mass is 500 g/mol. The summed E-state index contributed by atoms with van der Waals surface area (Å²) in [5.41, 5.74) is 0.995. The number of hydrogen-bond donors (Lipinski definition) is 3. The topological polar surface area (TPSA) is 117 Å². The summed E-state index contributed by atoms with van der Waals surface area (Å²) in [5.74, 6) is -0.653. The van der Waals surface area contributed by atoms with Gasteiger partial charge in [-0.05, 0) is 59.0 Å². The molecule has 0 radical (unpaired) electrons. The molecule has 2 aromatic heterocycles. The van der Waals surface area contributed by atoms with E-state index in [1.165, 1.54) is 18.2 Å². The number of hydrogen-bond acceptors (Lipinski definition) is 6. The summed E-state index contributed by atoms with van der Waals surface area (Å²) in [7, 11) is 0. The Bertz CT molecular complexity index is 1380. The minimum Gasteiger partial charge on any atom is -0.506 e. The number of pyridine rings is 1. The molecular formula is C23H16ClF3N6O2. The second-order valence-corrected chi connectivity index (χ2v) is 8.51. The molecule has 3 N–H and O–H groups in total. The smallest absolute Gasteiger partial charge is 0.433 e. The van der Waals surface area contributed by atoms with Gasteiger partial charge < -0.3 is 10.4 Å². The second-order valence-electron chi connectivity index (χ2n) is 8.07. The molecule has 2 aromatic carbocycles. The van der Waals surface area contributed by atoms with Crippen LogP contribution in [0.3, 0.4) is 0 Å². The number of aromatic hydroxyl groups is 1. The number of nitrogens with one attached hydrogen (secondary N) is 2. The number of alkyl halides is 3. The van der Waals surface area contributed by atoms with Crippen molar-refractivity contribution in [1.29, 1.82) is 0 Å². The van der Waals surface area contributed by atoms with Crippen LogP contribution in [-0.2, 0) is 11.0 Å². The molecule has 0 bridgehead atoms. The van der Waals surface area contributed by atoms with Crippen LogP contribution in [-0.4, -0.2) is 36.6 Å². The minimum absolute atomic E-state index is 0.0450. The molecule has 1 aliphatic carbocycles. The van der Waals surface area contributed by atoms with E-state index < -0.39 is 11.9 Å². The van der Waals surface area contributed by atoms with Crippen molar-refractivity contribution in [2.24, 2.45) is 5.92 Å². The van der Waals surface area contributed by atoms with Gasteiger partial charge >= 0.3 is 6.18 Å². The second kappa shape index (κ2) is 8.66. The van der Waals surface area contributed by atoms with Crippen LogP contribution >= 0.6 is 11.6 Å². The molecule has 178 valence electrons. The Morgan fingerprint density at radius 3 is 2.51 bits per heavy atom. The van der Waals surface area contributed by atoms with E-state index in [-0.39, 0.29) is 40.6 Å². The molecule has 8 nitrogen and oxygen atoms in total. The standard InChI is InChI=1S/C23H16ClF3N6O2/c24-13-4-1-11(2-5-13)14-7-17(14)22(35)29-18-8-16(21-30-32-33-31-21)15(9-19(18)34)12-3-6-20(28-10-12)23(25,26)27/h1-6,8-10,14,17,34H,7H2,(H,29,35)(H,30,31,32,33). The van der Waals surface area contributed by atoms with Gasteiger partial charge in [-0.15, -0.1) is 10.2 Å². The number of benzene rings is 2. The van der Waals surface area contributed by atoms with Crippen LogP contribution in [0, 0.1) is 5.92 Å². The van der Waals surface area contributed by atoms with Crippen molar-refractivity contribution in [3.05, 3.63) is 71.0 Å². The highest BCUT2D eigenvalue weighted by Crippen LogP contribution is 2.48. The predicted molar refractivity (Wildman–Crippen MR) is 120 cm³/mol. The molecule has 2 heterocycles. The van der Waals surface area contributed by atoms with Crippen molar-refractivity contribution in [1.82, 2.24) is 25.6 Å². The maximum atomic E-state index is 12.9. The molecule has 2 unspecified atom stereocenters. The fourth-order valence-corrected chi connectivity index (χ4v) is 4.02. The highest BCUT2D eigenvalue weighted by Gasteiger charge is 2.44. The van der Waals surface area contributed by atoms with Gasteiger partial charge in [0, 0.05) is 28.3 Å². The number of amides is 1. The van der Waals surface area contributed by atoms with Crippen LogP contribution in [0.15, 0.2) is 54.7 Å². The molecule has 1 amide bonds. The lowest BCUT2D eigenvalue weighted by Crippen LogP contribution is -2.15. The molecular weight excluding hydrogens is 485 g/mol. The zero-order valence-corrected chi connectivity index (χ0v) is 18.5. The van der Waals surface area contributed by atoms with Crippen molar-refractivity contribution < 1.29 is 23.1 Å². The minimum atomic E-state index is -4.59. The van der Waals surface area contributed by atoms with E-state index in [0.717, 1.165) is 17.8 Å². The summed E-state index contributed by atoms with van der Waals surface area (Å²) in [6, 6.07) is 12.1. The van der Waals surface area contributed by atoms with Gasteiger partial charge in [0.05, 0.1) is 5.69 Å². The van der Waals surface area contributed by atoms with Crippen LogP contribution in [0.25, 0.3) is 22.5 Å². The predicted octanol–water partition coefficient (Wildman–Crippen LogP) is 5.05. The number of nitrogens with zero attached hydrogens (tertiary/aromatic N) is 4. The van der Waals surface area contributed by atoms with Gasteiger partial charge in [0.2, 0.25) is 11.7 Å². The Morgan fingerprint density at radius 1 is 1.11 bits per heavy atom. The Morgan fingerprint density at radius 2 is 1.89 bits per heavy atom. The van der Waals surface area contributed by atoms with Gasteiger partial charge in [0.25, 0.3) is 0 Å². The zero-order chi connectivity index (χ0) is 24.7. The van der Waals surface area contributed by atoms with Gasteiger partial charge in [-0.25, -0.2) is 0 Å². The zero-order valence-electron chi connectivity index (χ0n) is 17.7. The average molecular weight is 501 g/mol. The van der Waals surface area contributed by atoms with Gasteiger partial charge in [-0.3, -0.25) is 9.78 Å². The number of phenols is 1. The number of halogens is 4. The summed E-state index contributed by atoms with van der Waals surface area (Å²) in [6.45, 7) is 0. The Hall–Kier alpha value is -3.99. The molecule has 35 heavy (non-hydrogen) atoms. The average Bonchev–Trinajstić information content (AvgIpc) is 3.44. The quantitative estimate of drug-likeness (QED) is 0.330. The van der Waals surface area contributed by atoms with Crippen LogP contribution in [0.5, 0.6) is 5.75 Å². The highest BCUT2D eigenvalue weighted by atomic mass is 35.5. The highest BCUT2D eigenvalue weighted by molar-refractivity contribution is 6.30.